The Balaban J connectivity index is 0.00000147. The van der Waals surface area contributed by atoms with E-state index >= 15 is 0 Å². The molecule has 0 aliphatic heterocycles. The quantitative estimate of drug-likeness (QED) is 0.712. The van der Waals surface area contributed by atoms with Gasteiger partial charge in [-0.05, 0) is 23.7 Å². The SMILES string of the molecule is CN=c1nc(-c2ccccc2)n(-c2ccccc2)s1.Cl. The fraction of sp³-hybridized carbons (Fsp3) is 0.0667. The first-order chi connectivity index (χ1) is 9.38. The number of aromatic nitrogens is 2. The molecule has 0 fully saturated rings. The zero-order chi connectivity index (χ0) is 13.1. The Morgan fingerprint density at radius 2 is 1.55 bits per heavy atom. The first kappa shape index (κ1) is 14.5. The van der Waals surface area contributed by atoms with Crippen molar-refractivity contribution in [1.29, 1.82) is 0 Å². The number of nitrogens with zero attached hydrogens (tertiary/aromatic N) is 3. The van der Waals surface area contributed by atoms with E-state index in [0.717, 1.165) is 21.9 Å². The zero-order valence-corrected chi connectivity index (χ0v) is 12.6. The molecule has 102 valence electrons. The highest BCUT2D eigenvalue weighted by Crippen LogP contribution is 2.21. The third-order valence-electron chi connectivity index (χ3n) is 2.78. The van der Waals surface area contributed by atoms with E-state index in [0.29, 0.717) is 0 Å². The maximum atomic E-state index is 4.59. The number of hydrogen-bond donors (Lipinski definition) is 0. The van der Waals surface area contributed by atoms with Gasteiger partial charge in [-0.3, -0.25) is 4.99 Å². The summed E-state index contributed by atoms with van der Waals surface area (Å²) in [5.41, 5.74) is 2.20. The molecule has 0 aliphatic rings. The fourth-order valence-corrected chi connectivity index (χ4v) is 2.71. The van der Waals surface area contributed by atoms with Crippen molar-refractivity contribution >= 4 is 23.9 Å². The third kappa shape index (κ3) is 2.81. The Morgan fingerprint density at radius 1 is 0.950 bits per heavy atom. The molecule has 0 saturated heterocycles. The van der Waals surface area contributed by atoms with Gasteiger partial charge in [0, 0.05) is 12.6 Å². The van der Waals surface area contributed by atoms with Gasteiger partial charge < -0.3 is 0 Å². The Kier molecular flexibility index (Phi) is 4.71. The van der Waals surface area contributed by atoms with Crippen LogP contribution in [0.3, 0.4) is 0 Å². The lowest BCUT2D eigenvalue weighted by Gasteiger charge is -2.05. The minimum absolute atomic E-state index is 0. The standard InChI is InChI=1S/C15H13N3S.ClH/c1-16-15-17-14(12-8-4-2-5-9-12)18(19-15)13-10-6-3-7-11-13;/h2-11H,1H3;1H. The van der Waals surface area contributed by atoms with Crippen molar-refractivity contribution in [3.05, 3.63) is 65.5 Å². The van der Waals surface area contributed by atoms with Gasteiger partial charge in [0.25, 0.3) is 0 Å². The van der Waals surface area contributed by atoms with Gasteiger partial charge in [0.05, 0.1) is 5.69 Å². The first-order valence-electron chi connectivity index (χ1n) is 6.02. The molecule has 1 aromatic heterocycles. The molecule has 3 rings (SSSR count). The van der Waals surface area contributed by atoms with E-state index in [1.807, 2.05) is 36.4 Å². The lowest BCUT2D eigenvalue weighted by atomic mass is 10.2. The van der Waals surface area contributed by atoms with Crippen LogP contribution in [-0.4, -0.2) is 16.0 Å². The second kappa shape index (κ2) is 6.50. The summed E-state index contributed by atoms with van der Waals surface area (Å²) in [6, 6.07) is 20.4. The average Bonchev–Trinajstić information content (AvgIpc) is 2.93. The van der Waals surface area contributed by atoms with Crippen LogP contribution < -0.4 is 4.80 Å². The predicted molar refractivity (Wildman–Crippen MR) is 85.6 cm³/mol. The molecule has 3 nitrogen and oxygen atoms in total. The fourth-order valence-electron chi connectivity index (χ4n) is 1.88. The summed E-state index contributed by atoms with van der Waals surface area (Å²) < 4.78 is 2.11. The van der Waals surface area contributed by atoms with E-state index in [1.54, 1.807) is 18.6 Å². The highest BCUT2D eigenvalue weighted by Gasteiger charge is 2.09. The van der Waals surface area contributed by atoms with Gasteiger partial charge in [0.2, 0.25) is 4.80 Å². The van der Waals surface area contributed by atoms with Gasteiger partial charge in [-0.15, -0.1) is 12.4 Å². The van der Waals surface area contributed by atoms with Crippen molar-refractivity contribution in [2.45, 2.75) is 0 Å². The summed E-state index contributed by atoms with van der Waals surface area (Å²) in [7, 11) is 1.77. The van der Waals surface area contributed by atoms with Crippen molar-refractivity contribution < 1.29 is 0 Å². The Morgan fingerprint density at radius 3 is 2.15 bits per heavy atom. The highest BCUT2D eigenvalue weighted by atomic mass is 35.5. The largest absolute Gasteiger partial charge is 0.260 e. The molecule has 0 bridgehead atoms. The van der Waals surface area contributed by atoms with Crippen LogP contribution in [0.4, 0.5) is 0 Å². The summed E-state index contributed by atoms with van der Waals surface area (Å²) in [5, 5.41) is 0. The van der Waals surface area contributed by atoms with Crippen LogP contribution in [0, 0.1) is 0 Å². The Labute approximate surface area is 127 Å². The average molecular weight is 304 g/mol. The van der Waals surface area contributed by atoms with Gasteiger partial charge in [-0.1, -0.05) is 48.5 Å². The molecule has 5 heteroatoms. The molecule has 0 spiro atoms. The van der Waals surface area contributed by atoms with E-state index in [2.05, 4.69) is 38.2 Å². The van der Waals surface area contributed by atoms with Gasteiger partial charge in [0.15, 0.2) is 5.82 Å². The summed E-state index contributed by atoms with van der Waals surface area (Å²) in [6.45, 7) is 0. The van der Waals surface area contributed by atoms with Crippen LogP contribution in [0.5, 0.6) is 0 Å². The minimum Gasteiger partial charge on any atom is -0.260 e. The van der Waals surface area contributed by atoms with E-state index < -0.39 is 0 Å². The summed E-state index contributed by atoms with van der Waals surface area (Å²) in [6.07, 6.45) is 0. The molecule has 2 aromatic carbocycles. The highest BCUT2D eigenvalue weighted by molar-refractivity contribution is 7.04. The van der Waals surface area contributed by atoms with Gasteiger partial charge >= 0.3 is 0 Å². The van der Waals surface area contributed by atoms with E-state index in [-0.39, 0.29) is 12.4 Å². The first-order valence-corrected chi connectivity index (χ1v) is 6.80. The normalized spacial score (nSPS) is 11.2. The number of hydrogen-bond acceptors (Lipinski definition) is 3. The molecule has 0 aliphatic carbocycles. The van der Waals surface area contributed by atoms with Crippen LogP contribution in [0.2, 0.25) is 0 Å². The van der Waals surface area contributed by atoms with E-state index in [4.69, 9.17) is 0 Å². The summed E-state index contributed by atoms with van der Waals surface area (Å²) >= 11 is 1.55. The number of halogens is 1. The van der Waals surface area contributed by atoms with Crippen molar-refractivity contribution in [1.82, 2.24) is 8.94 Å². The van der Waals surface area contributed by atoms with Gasteiger partial charge in [0.1, 0.15) is 0 Å². The molecule has 0 radical (unpaired) electrons. The van der Waals surface area contributed by atoms with Gasteiger partial charge in [-0.2, -0.15) is 4.98 Å². The molecule has 0 N–H and O–H groups in total. The smallest absolute Gasteiger partial charge is 0.222 e. The Bertz CT molecular complexity index is 673. The van der Waals surface area contributed by atoms with E-state index in [9.17, 15) is 0 Å². The molecule has 0 atom stereocenters. The van der Waals surface area contributed by atoms with Crippen molar-refractivity contribution in [3.8, 4) is 17.1 Å². The number of para-hydroxylation sites is 1. The van der Waals surface area contributed by atoms with Crippen molar-refractivity contribution in [2.24, 2.45) is 4.99 Å². The van der Waals surface area contributed by atoms with Crippen LogP contribution in [0.15, 0.2) is 65.7 Å². The van der Waals surface area contributed by atoms with Gasteiger partial charge in [-0.25, -0.2) is 3.96 Å². The van der Waals surface area contributed by atoms with Crippen LogP contribution >= 0.6 is 23.9 Å². The molecule has 3 aromatic rings. The summed E-state index contributed by atoms with van der Waals surface area (Å²) in [4.78, 5) is 9.56. The molecule has 20 heavy (non-hydrogen) atoms. The minimum atomic E-state index is 0. The molecule has 0 unspecified atom stereocenters. The monoisotopic (exact) mass is 303 g/mol. The number of rotatable bonds is 2. The Hall–Kier alpha value is -1.91. The lowest BCUT2D eigenvalue weighted by molar-refractivity contribution is 1.12. The molecule has 0 amide bonds. The van der Waals surface area contributed by atoms with Crippen molar-refractivity contribution in [2.75, 3.05) is 7.05 Å². The second-order valence-electron chi connectivity index (χ2n) is 4.03. The maximum absolute atomic E-state index is 4.59. The molecule has 0 saturated carbocycles. The molecular formula is C15H14ClN3S. The van der Waals surface area contributed by atoms with Crippen LogP contribution in [0.1, 0.15) is 0 Å². The van der Waals surface area contributed by atoms with Crippen molar-refractivity contribution in [3.63, 3.8) is 0 Å². The molecular weight excluding hydrogens is 290 g/mol. The van der Waals surface area contributed by atoms with Crippen LogP contribution in [0.25, 0.3) is 17.1 Å². The maximum Gasteiger partial charge on any atom is 0.222 e. The third-order valence-corrected chi connectivity index (χ3v) is 3.78. The lowest BCUT2D eigenvalue weighted by Crippen LogP contribution is -1.96. The number of benzene rings is 2. The predicted octanol–water partition coefficient (Wildman–Crippen LogP) is 3.55. The summed E-state index contributed by atoms with van der Waals surface area (Å²) in [5.74, 6) is 0.928. The molecule has 1 heterocycles. The second-order valence-corrected chi connectivity index (χ2v) is 4.94. The topological polar surface area (TPSA) is 30.2 Å². The van der Waals surface area contributed by atoms with E-state index in [1.165, 1.54) is 0 Å². The van der Waals surface area contributed by atoms with Crippen LogP contribution in [-0.2, 0) is 0 Å². The zero-order valence-electron chi connectivity index (χ0n) is 10.9.